The summed E-state index contributed by atoms with van der Waals surface area (Å²) in [4.78, 5) is 11.5. The van der Waals surface area contributed by atoms with E-state index in [9.17, 15) is 13.2 Å². The molecule has 0 radical (unpaired) electrons. The summed E-state index contributed by atoms with van der Waals surface area (Å²) in [5, 5.41) is 16.4. The minimum Gasteiger partial charge on any atom is -0.482 e. The van der Waals surface area contributed by atoms with Crippen LogP contribution in [0.5, 0.6) is 5.75 Å². The SMILES string of the molecule is CSc1sc(C(=N)N)cc1S(=O)(=O)c1cccc(-c2c(C)cc(OCC(=O)O)cc2C)c1. The molecule has 7 nitrogen and oxygen atoms in total. The number of sulfone groups is 1. The van der Waals surface area contributed by atoms with Crippen LogP contribution >= 0.6 is 23.1 Å². The number of thioether (sulfide) groups is 1. The van der Waals surface area contributed by atoms with Crippen molar-refractivity contribution in [2.45, 2.75) is 27.8 Å². The van der Waals surface area contributed by atoms with Crippen LogP contribution in [0.1, 0.15) is 16.0 Å². The minimum absolute atomic E-state index is 0.142. The van der Waals surface area contributed by atoms with Gasteiger partial charge < -0.3 is 15.6 Å². The number of carbonyl (C=O) groups is 1. The molecule has 3 rings (SSSR count). The van der Waals surface area contributed by atoms with Gasteiger partial charge in [-0.1, -0.05) is 12.1 Å². The second-order valence-electron chi connectivity index (χ2n) is 7.03. The number of carboxylic acids is 1. The number of aliphatic carboxylic acids is 1. The van der Waals surface area contributed by atoms with E-state index in [1.807, 2.05) is 19.9 Å². The number of benzene rings is 2. The van der Waals surface area contributed by atoms with E-state index in [1.54, 1.807) is 36.6 Å². The lowest BCUT2D eigenvalue weighted by Crippen LogP contribution is -2.09. The van der Waals surface area contributed by atoms with Gasteiger partial charge in [-0.2, -0.15) is 0 Å². The quantitative estimate of drug-likeness (QED) is 0.243. The summed E-state index contributed by atoms with van der Waals surface area (Å²) >= 11 is 2.48. The Bertz CT molecular complexity index is 1290. The van der Waals surface area contributed by atoms with E-state index >= 15 is 0 Å². The monoisotopic (exact) mass is 490 g/mol. The van der Waals surface area contributed by atoms with Crippen molar-refractivity contribution >= 4 is 44.7 Å². The van der Waals surface area contributed by atoms with Gasteiger partial charge in [0.1, 0.15) is 11.6 Å². The third-order valence-electron chi connectivity index (χ3n) is 4.71. The van der Waals surface area contributed by atoms with Gasteiger partial charge in [0.05, 0.1) is 18.9 Å². The van der Waals surface area contributed by atoms with E-state index in [4.69, 9.17) is 21.0 Å². The fourth-order valence-corrected chi connectivity index (χ4v) is 7.28. The van der Waals surface area contributed by atoms with Crippen molar-refractivity contribution in [3.05, 3.63) is 58.5 Å². The van der Waals surface area contributed by atoms with E-state index in [0.29, 0.717) is 14.8 Å². The van der Waals surface area contributed by atoms with Crippen LogP contribution in [0.4, 0.5) is 0 Å². The van der Waals surface area contributed by atoms with Crippen molar-refractivity contribution in [2.75, 3.05) is 12.9 Å². The number of thiophene rings is 1. The highest BCUT2D eigenvalue weighted by atomic mass is 32.2. The van der Waals surface area contributed by atoms with Crippen LogP contribution in [-0.2, 0) is 14.6 Å². The van der Waals surface area contributed by atoms with E-state index in [2.05, 4.69) is 0 Å². The summed E-state index contributed by atoms with van der Waals surface area (Å²) in [5.74, 6) is -0.792. The van der Waals surface area contributed by atoms with E-state index in [1.165, 1.54) is 29.2 Å². The van der Waals surface area contributed by atoms with Gasteiger partial charge in [-0.3, -0.25) is 5.41 Å². The zero-order valence-corrected chi connectivity index (χ0v) is 20.1. The molecular formula is C22H22N2O5S3. The summed E-state index contributed by atoms with van der Waals surface area (Å²) in [7, 11) is -3.83. The van der Waals surface area contributed by atoms with Crippen LogP contribution in [0.2, 0.25) is 0 Å². The van der Waals surface area contributed by atoms with Gasteiger partial charge in [0.15, 0.2) is 6.61 Å². The number of hydrogen-bond acceptors (Lipinski definition) is 7. The van der Waals surface area contributed by atoms with Crippen LogP contribution < -0.4 is 10.5 Å². The van der Waals surface area contributed by atoms with Crippen molar-refractivity contribution < 1.29 is 23.1 Å². The molecule has 0 unspecified atom stereocenters. The molecule has 0 atom stereocenters. The molecule has 10 heteroatoms. The molecule has 2 aromatic carbocycles. The summed E-state index contributed by atoms with van der Waals surface area (Å²) in [6, 6.07) is 11.6. The summed E-state index contributed by atoms with van der Waals surface area (Å²) < 4.78 is 32.7. The second-order valence-corrected chi connectivity index (χ2v) is 11.1. The average Bonchev–Trinajstić information content (AvgIpc) is 3.18. The highest BCUT2D eigenvalue weighted by molar-refractivity contribution is 8.01. The standard InChI is InChI=1S/C22H22N2O5S3/c1-12-7-15(29-11-19(25)26)8-13(2)20(12)14-5-4-6-16(9-14)32(27,28)18-10-17(21(23)24)31-22(18)30-3/h4-10H,11H2,1-3H3,(H3,23,24)(H,25,26). The van der Waals surface area contributed by atoms with Gasteiger partial charge in [-0.25, -0.2) is 13.2 Å². The van der Waals surface area contributed by atoms with Crippen LogP contribution in [0.3, 0.4) is 0 Å². The maximum atomic E-state index is 13.4. The molecule has 1 heterocycles. The molecule has 1 aromatic heterocycles. The molecule has 0 amide bonds. The highest BCUT2D eigenvalue weighted by Crippen LogP contribution is 2.38. The first-order valence-corrected chi connectivity index (χ1v) is 12.9. The Kier molecular flexibility index (Phi) is 6.97. The van der Waals surface area contributed by atoms with Crippen molar-refractivity contribution in [1.82, 2.24) is 0 Å². The molecule has 0 saturated carbocycles. The topological polar surface area (TPSA) is 131 Å². The molecule has 3 aromatic rings. The number of carboxylic acid groups (broad SMARTS) is 1. The van der Waals surface area contributed by atoms with Gasteiger partial charge in [-0.15, -0.1) is 23.1 Å². The largest absolute Gasteiger partial charge is 0.482 e. The van der Waals surface area contributed by atoms with E-state index in [-0.39, 0.29) is 15.6 Å². The number of aryl methyl sites for hydroxylation is 2. The Morgan fingerprint density at radius 2 is 1.84 bits per heavy atom. The van der Waals surface area contributed by atoms with Crippen molar-refractivity contribution in [1.29, 1.82) is 5.41 Å². The molecule has 0 aliphatic rings. The Labute approximate surface area is 194 Å². The highest BCUT2D eigenvalue weighted by Gasteiger charge is 2.25. The number of nitrogens with one attached hydrogen (secondary N) is 1. The molecule has 0 fully saturated rings. The van der Waals surface area contributed by atoms with Crippen LogP contribution in [0, 0.1) is 19.3 Å². The second kappa shape index (κ2) is 9.35. The number of nitrogen functional groups attached to an aromatic ring is 1. The molecule has 0 saturated heterocycles. The van der Waals surface area contributed by atoms with Gasteiger partial charge in [0.2, 0.25) is 9.84 Å². The number of ether oxygens (including phenoxy) is 1. The number of amidine groups is 1. The summed E-state index contributed by atoms with van der Waals surface area (Å²) in [6.45, 7) is 3.29. The molecule has 168 valence electrons. The predicted molar refractivity (Wildman–Crippen MR) is 127 cm³/mol. The lowest BCUT2D eigenvalue weighted by atomic mass is 9.95. The first-order chi connectivity index (χ1) is 15.0. The number of rotatable bonds is 8. The maximum absolute atomic E-state index is 13.4. The zero-order valence-electron chi connectivity index (χ0n) is 17.6. The Balaban J connectivity index is 2.06. The van der Waals surface area contributed by atoms with Crippen LogP contribution in [0.15, 0.2) is 56.5 Å². The maximum Gasteiger partial charge on any atom is 0.341 e. The molecule has 4 N–H and O–H groups in total. The molecule has 0 bridgehead atoms. The number of hydrogen-bond donors (Lipinski definition) is 3. The molecule has 32 heavy (non-hydrogen) atoms. The van der Waals surface area contributed by atoms with Crippen molar-refractivity contribution in [3.8, 4) is 16.9 Å². The van der Waals surface area contributed by atoms with Crippen molar-refractivity contribution in [3.63, 3.8) is 0 Å². The van der Waals surface area contributed by atoms with E-state index < -0.39 is 22.4 Å². The smallest absolute Gasteiger partial charge is 0.341 e. The lowest BCUT2D eigenvalue weighted by Gasteiger charge is -2.14. The number of nitrogens with two attached hydrogens (primary N) is 1. The third kappa shape index (κ3) is 4.82. The zero-order chi connectivity index (χ0) is 23.6. The minimum atomic E-state index is -3.83. The molecule has 0 aliphatic carbocycles. The van der Waals surface area contributed by atoms with Crippen LogP contribution in [-0.4, -0.2) is 38.2 Å². The van der Waals surface area contributed by atoms with Crippen LogP contribution in [0.25, 0.3) is 11.1 Å². The van der Waals surface area contributed by atoms with E-state index in [0.717, 1.165) is 22.3 Å². The summed E-state index contributed by atoms with van der Waals surface area (Å²) in [6.07, 6.45) is 1.78. The normalized spacial score (nSPS) is 11.3. The van der Waals surface area contributed by atoms with Gasteiger partial charge in [0.25, 0.3) is 0 Å². The molecule has 0 spiro atoms. The first-order valence-electron chi connectivity index (χ1n) is 9.38. The Morgan fingerprint density at radius 1 is 1.19 bits per heavy atom. The predicted octanol–water partition coefficient (Wildman–Crippen LogP) is 4.33. The molecule has 0 aliphatic heterocycles. The van der Waals surface area contributed by atoms with Gasteiger partial charge in [-0.05, 0) is 72.7 Å². The fourth-order valence-electron chi connectivity index (χ4n) is 3.37. The first kappa shape index (κ1) is 23.8. The lowest BCUT2D eigenvalue weighted by molar-refractivity contribution is -0.139. The van der Waals surface area contributed by atoms with Gasteiger partial charge in [0, 0.05) is 0 Å². The van der Waals surface area contributed by atoms with Crippen molar-refractivity contribution in [2.24, 2.45) is 5.73 Å². The van der Waals surface area contributed by atoms with Gasteiger partial charge >= 0.3 is 5.97 Å². The Morgan fingerprint density at radius 3 is 2.41 bits per heavy atom. The Hall–Kier alpha value is -2.82. The molecular weight excluding hydrogens is 468 g/mol. The average molecular weight is 491 g/mol. The third-order valence-corrected chi connectivity index (χ3v) is 9.05. The fraction of sp³-hybridized carbons (Fsp3) is 0.182. The summed E-state index contributed by atoms with van der Waals surface area (Å²) in [5.41, 5.74) is 8.80.